The summed E-state index contributed by atoms with van der Waals surface area (Å²) in [4.78, 5) is 4.07. The molecule has 2 unspecified atom stereocenters. The number of aliphatic hydroxyl groups excluding tert-OH is 1. The van der Waals surface area contributed by atoms with Crippen LogP contribution in [0.1, 0.15) is 6.92 Å². The Kier molecular flexibility index (Phi) is 3.38. The number of β-amino-alcohol motifs (C(OH)–C–C–N with tert-alkyl or cyclic N) is 1. The lowest BCUT2D eigenvalue weighted by Crippen LogP contribution is -2.37. The van der Waals surface area contributed by atoms with E-state index >= 15 is 0 Å². The molecule has 1 aliphatic rings. The largest absolute Gasteiger partial charge is 0.389 e. The normalized spacial score (nSPS) is 25.1. The van der Waals surface area contributed by atoms with Crippen molar-refractivity contribution in [2.45, 2.75) is 18.3 Å². The molecule has 0 saturated heterocycles. The fourth-order valence-electron chi connectivity index (χ4n) is 0.787. The second-order valence-electron chi connectivity index (χ2n) is 2.57. The van der Waals surface area contributed by atoms with Gasteiger partial charge >= 0.3 is 0 Å². The number of aliphatic imine (C=N–C) groups is 1. The van der Waals surface area contributed by atoms with Crippen molar-refractivity contribution in [1.29, 1.82) is 5.26 Å². The highest BCUT2D eigenvalue weighted by atomic mass is 32.2. The summed E-state index contributed by atoms with van der Waals surface area (Å²) in [7, 11) is 0. The Morgan fingerprint density at radius 1 is 1.92 bits per heavy atom. The zero-order valence-electron chi connectivity index (χ0n) is 6.82. The molecule has 2 atom stereocenters. The summed E-state index contributed by atoms with van der Waals surface area (Å²) >= 11 is 1.39. The van der Waals surface area contributed by atoms with Crippen LogP contribution in [0.15, 0.2) is 4.99 Å². The average molecular weight is 185 g/mol. The summed E-state index contributed by atoms with van der Waals surface area (Å²) < 4.78 is 0. The van der Waals surface area contributed by atoms with Gasteiger partial charge in [0.15, 0.2) is 5.17 Å². The number of rotatable bonds is 1. The maximum Gasteiger partial charge on any atom is 0.158 e. The highest BCUT2D eigenvalue weighted by Crippen LogP contribution is 2.12. The van der Waals surface area contributed by atoms with Gasteiger partial charge in [-0.3, -0.25) is 4.99 Å². The standard InChI is InChI=1S/C7H11N3OS/c1-5(2-8)12-7-9-3-6(11)4-10-7/h5-6,11H,3-4H2,1H3,(H,9,10). The molecule has 12 heavy (non-hydrogen) atoms. The summed E-state index contributed by atoms with van der Waals surface area (Å²) in [6.07, 6.45) is -0.383. The van der Waals surface area contributed by atoms with Gasteiger partial charge in [-0.1, -0.05) is 11.8 Å². The van der Waals surface area contributed by atoms with E-state index < -0.39 is 0 Å². The number of nitrogens with one attached hydrogen (secondary N) is 1. The van der Waals surface area contributed by atoms with Gasteiger partial charge in [0.25, 0.3) is 0 Å². The molecule has 0 aromatic heterocycles. The Bertz CT molecular complexity index is 223. The molecule has 0 spiro atoms. The molecule has 1 rings (SSSR count). The molecular formula is C7H11N3OS. The molecule has 0 aliphatic carbocycles. The van der Waals surface area contributed by atoms with Crippen molar-refractivity contribution in [1.82, 2.24) is 5.32 Å². The molecule has 4 nitrogen and oxygen atoms in total. The van der Waals surface area contributed by atoms with Gasteiger partial charge in [-0.15, -0.1) is 0 Å². The Morgan fingerprint density at radius 2 is 2.67 bits per heavy atom. The Balaban J connectivity index is 2.39. The maximum absolute atomic E-state index is 9.07. The number of hydrogen-bond donors (Lipinski definition) is 2. The van der Waals surface area contributed by atoms with E-state index in [1.807, 2.05) is 6.92 Å². The minimum Gasteiger partial charge on any atom is -0.389 e. The summed E-state index contributed by atoms with van der Waals surface area (Å²) in [5, 5.41) is 21.2. The van der Waals surface area contributed by atoms with Crippen LogP contribution in [0.2, 0.25) is 0 Å². The SMILES string of the molecule is CC(C#N)SC1=NCC(O)CN1. The molecule has 0 fully saturated rings. The first kappa shape index (κ1) is 9.36. The van der Waals surface area contributed by atoms with Crippen molar-refractivity contribution in [3.63, 3.8) is 0 Å². The van der Waals surface area contributed by atoms with Crippen LogP contribution in [0, 0.1) is 11.3 Å². The van der Waals surface area contributed by atoms with Crippen molar-refractivity contribution >= 4 is 16.9 Å². The van der Waals surface area contributed by atoms with E-state index in [1.165, 1.54) is 11.8 Å². The number of nitriles is 1. The van der Waals surface area contributed by atoms with Gasteiger partial charge in [0, 0.05) is 6.54 Å². The average Bonchev–Trinajstić information content (AvgIpc) is 2.09. The summed E-state index contributed by atoms with van der Waals surface area (Å²) in [5.41, 5.74) is 0. The second kappa shape index (κ2) is 4.33. The van der Waals surface area contributed by atoms with E-state index in [2.05, 4.69) is 16.4 Å². The van der Waals surface area contributed by atoms with Gasteiger partial charge in [-0.2, -0.15) is 5.26 Å². The lowest BCUT2D eigenvalue weighted by Gasteiger charge is -2.18. The van der Waals surface area contributed by atoms with Crippen LogP contribution >= 0.6 is 11.8 Å². The third-order valence-corrected chi connectivity index (χ3v) is 2.36. The van der Waals surface area contributed by atoms with Gasteiger partial charge in [-0.25, -0.2) is 0 Å². The second-order valence-corrected chi connectivity index (χ2v) is 3.90. The van der Waals surface area contributed by atoms with Crippen LogP contribution in [-0.2, 0) is 0 Å². The van der Waals surface area contributed by atoms with Crippen LogP contribution < -0.4 is 5.32 Å². The van der Waals surface area contributed by atoms with Gasteiger partial charge in [-0.05, 0) is 6.92 Å². The molecule has 0 amide bonds. The third kappa shape index (κ3) is 2.72. The fourth-order valence-corrected chi connectivity index (χ4v) is 1.49. The van der Waals surface area contributed by atoms with Gasteiger partial charge < -0.3 is 10.4 Å². The Hall–Kier alpha value is -0.730. The molecule has 5 heteroatoms. The van der Waals surface area contributed by atoms with Gasteiger partial charge in [0.1, 0.15) is 0 Å². The van der Waals surface area contributed by atoms with E-state index in [4.69, 9.17) is 10.4 Å². The molecule has 0 bridgehead atoms. The van der Waals surface area contributed by atoms with Crippen LogP contribution in [0.3, 0.4) is 0 Å². The third-order valence-electron chi connectivity index (χ3n) is 1.40. The monoisotopic (exact) mass is 185 g/mol. The van der Waals surface area contributed by atoms with Crippen molar-refractivity contribution in [3.05, 3.63) is 0 Å². The molecule has 1 aliphatic heterocycles. The minimum atomic E-state index is -0.383. The maximum atomic E-state index is 9.07. The van der Waals surface area contributed by atoms with Crippen LogP contribution in [0.25, 0.3) is 0 Å². The fraction of sp³-hybridized carbons (Fsp3) is 0.714. The first-order chi connectivity index (χ1) is 5.72. The number of thioether (sulfide) groups is 1. The van der Waals surface area contributed by atoms with E-state index in [9.17, 15) is 0 Å². The Labute approximate surface area is 75.7 Å². The molecular weight excluding hydrogens is 174 g/mol. The van der Waals surface area contributed by atoms with Crippen molar-refractivity contribution in [2.24, 2.45) is 4.99 Å². The molecule has 1 heterocycles. The molecule has 0 aromatic rings. The number of nitrogens with zero attached hydrogens (tertiary/aromatic N) is 2. The topological polar surface area (TPSA) is 68.4 Å². The summed E-state index contributed by atoms with van der Waals surface area (Å²) in [5.74, 6) is 0. The lowest BCUT2D eigenvalue weighted by atomic mass is 10.3. The summed E-state index contributed by atoms with van der Waals surface area (Å²) in [6, 6.07) is 2.10. The molecule has 0 saturated carbocycles. The van der Waals surface area contributed by atoms with Crippen LogP contribution in [0.5, 0.6) is 0 Å². The number of aliphatic hydroxyl groups is 1. The molecule has 66 valence electrons. The smallest absolute Gasteiger partial charge is 0.158 e. The lowest BCUT2D eigenvalue weighted by molar-refractivity contribution is 0.182. The van der Waals surface area contributed by atoms with E-state index in [1.54, 1.807) is 0 Å². The van der Waals surface area contributed by atoms with Crippen LogP contribution in [0.4, 0.5) is 0 Å². The predicted octanol–water partition coefficient (Wildman–Crippen LogP) is -0.0482. The minimum absolute atomic E-state index is 0.0912. The summed E-state index contributed by atoms with van der Waals surface area (Å²) in [6.45, 7) is 2.79. The van der Waals surface area contributed by atoms with Gasteiger partial charge in [0.2, 0.25) is 0 Å². The zero-order chi connectivity index (χ0) is 8.97. The number of hydrogen-bond acceptors (Lipinski definition) is 5. The van der Waals surface area contributed by atoms with Crippen molar-refractivity contribution in [2.75, 3.05) is 13.1 Å². The molecule has 0 radical (unpaired) electrons. The molecule has 2 N–H and O–H groups in total. The Morgan fingerprint density at radius 3 is 3.17 bits per heavy atom. The first-order valence-corrected chi connectivity index (χ1v) is 4.63. The molecule has 0 aromatic carbocycles. The highest BCUT2D eigenvalue weighted by molar-refractivity contribution is 8.14. The highest BCUT2D eigenvalue weighted by Gasteiger charge is 2.13. The quantitative estimate of drug-likeness (QED) is 0.601. The zero-order valence-corrected chi connectivity index (χ0v) is 7.64. The van der Waals surface area contributed by atoms with Crippen LogP contribution in [-0.4, -0.2) is 34.7 Å². The first-order valence-electron chi connectivity index (χ1n) is 3.75. The van der Waals surface area contributed by atoms with Crippen molar-refractivity contribution < 1.29 is 5.11 Å². The van der Waals surface area contributed by atoms with E-state index in [0.29, 0.717) is 13.1 Å². The van der Waals surface area contributed by atoms with Gasteiger partial charge in [0.05, 0.1) is 24.0 Å². The predicted molar refractivity (Wildman–Crippen MR) is 49.0 cm³/mol. The van der Waals surface area contributed by atoms with Crippen molar-refractivity contribution in [3.8, 4) is 6.07 Å². The number of amidine groups is 1. The van der Waals surface area contributed by atoms with E-state index in [0.717, 1.165) is 5.17 Å². The van der Waals surface area contributed by atoms with E-state index in [-0.39, 0.29) is 11.4 Å².